The third kappa shape index (κ3) is 5.33. The molecule has 1 atom stereocenters. The van der Waals surface area contributed by atoms with Crippen molar-refractivity contribution in [1.82, 2.24) is 0 Å². The lowest BCUT2D eigenvalue weighted by atomic mass is 10.2. The molecule has 1 unspecified atom stereocenters. The van der Waals surface area contributed by atoms with Gasteiger partial charge in [0.05, 0.1) is 15.6 Å². The number of ether oxygens (including phenoxy) is 1. The van der Waals surface area contributed by atoms with Crippen LogP contribution in [0.25, 0.3) is 0 Å². The molecule has 0 aliphatic carbocycles. The lowest BCUT2D eigenvalue weighted by Crippen LogP contribution is -2.37. The van der Waals surface area contributed by atoms with Crippen molar-refractivity contribution in [3.05, 3.63) is 87.9 Å². The molecular weight excluding hydrogens is 404 g/mol. The summed E-state index contributed by atoms with van der Waals surface area (Å²) in [4.78, 5) is 12.4. The molecule has 3 rings (SSSR count). The number of nitro benzene ring substituents is 1. The van der Waals surface area contributed by atoms with Gasteiger partial charge in [-0.2, -0.15) is 5.11 Å². The van der Waals surface area contributed by atoms with Crippen molar-refractivity contribution in [3.63, 3.8) is 0 Å². The molecule has 0 aliphatic heterocycles. The van der Waals surface area contributed by atoms with E-state index in [2.05, 4.69) is 22.1 Å². The number of benzene rings is 3. The summed E-state index contributed by atoms with van der Waals surface area (Å²) < 4.78 is 6.02. The molecule has 0 amide bonds. The Morgan fingerprint density at radius 2 is 1.77 bits per heavy atom. The Balaban J connectivity index is 1.70. The van der Waals surface area contributed by atoms with Crippen LogP contribution in [0.5, 0.6) is 5.75 Å². The summed E-state index contributed by atoms with van der Waals surface area (Å²) in [6.07, 6.45) is -0.149. The molecule has 0 heterocycles. The van der Waals surface area contributed by atoms with Gasteiger partial charge < -0.3 is 9.64 Å². The van der Waals surface area contributed by atoms with Crippen LogP contribution >= 0.6 is 11.6 Å². The summed E-state index contributed by atoms with van der Waals surface area (Å²) in [7, 11) is 0. The summed E-state index contributed by atoms with van der Waals surface area (Å²) in [5.41, 5.74) is 1.91. The monoisotopic (exact) mass is 424 g/mol. The minimum absolute atomic E-state index is 0.0881. The van der Waals surface area contributed by atoms with Gasteiger partial charge >= 0.3 is 0 Å². The highest BCUT2D eigenvalue weighted by molar-refractivity contribution is 6.33. The number of halogens is 1. The predicted octanol–water partition coefficient (Wildman–Crippen LogP) is 6.91. The highest BCUT2D eigenvalue weighted by atomic mass is 35.5. The Bertz CT molecular complexity index is 1030. The number of para-hydroxylation sites is 1. The smallest absolute Gasteiger partial charge is 0.271 e. The van der Waals surface area contributed by atoms with Gasteiger partial charge in [-0.15, -0.1) is 5.11 Å². The first-order chi connectivity index (χ1) is 14.5. The standard InChI is InChI=1S/C22H21ClN4O3/c1-3-26(16(2)30-20-7-5-4-6-8-20)18-11-9-17(10-12-18)24-25-22-14-13-19(27(28)29)15-21(22)23/h4-16H,3H2,1-2H3. The van der Waals surface area contributed by atoms with Gasteiger partial charge in [-0.05, 0) is 56.3 Å². The van der Waals surface area contributed by atoms with Gasteiger partial charge in [0.25, 0.3) is 5.69 Å². The molecule has 30 heavy (non-hydrogen) atoms. The topological polar surface area (TPSA) is 80.3 Å². The largest absolute Gasteiger partial charge is 0.471 e. The zero-order valence-electron chi connectivity index (χ0n) is 16.6. The number of nitro groups is 1. The molecule has 0 N–H and O–H groups in total. The van der Waals surface area contributed by atoms with Crippen molar-refractivity contribution in [3.8, 4) is 5.75 Å². The van der Waals surface area contributed by atoms with Crippen LogP contribution in [-0.4, -0.2) is 17.7 Å². The van der Waals surface area contributed by atoms with E-state index in [9.17, 15) is 10.1 Å². The van der Waals surface area contributed by atoms with E-state index in [0.717, 1.165) is 18.0 Å². The van der Waals surface area contributed by atoms with Crippen LogP contribution in [0.3, 0.4) is 0 Å². The molecule has 0 aromatic heterocycles. The zero-order chi connectivity index (χ0) is 21.5. The van der Waals surface area contributed by atoms with Crippen molar-refractivity contribution in [1.29, 1.82) is 0 Å². The second-order valence-electron chi connectivity index (χ2n) is 6.43. The van der Waals surface area contributed by atoms with E-state index in [4.69, 9.17) is 16.3 Å². The summed E-state index contributed by atoms with van der Waals surface area (Å²) in [5, 5.41) is 19.2. The second-order valence-corrected chi connectivity index (χ2v) is 6.83. The summed E-state index contributed by atoms with van der Waals surface area (Å²) in [6, 6.07) is 21.3. The summed E-state index contributed by atoms with van der Waals surface area (Å²) in [6.45, 7) is 4.84. The van der Waals surface area contributed by atoms with Gasteiger partial charge in [-0.3, -0.25) is 10.1 Å². The number of hydrogen-bond donors (Lipinski definition) is 0. The first-order valence-corrected chi connectivity index (χ1v) is 9.80. The second kappa shape index (κ2) is 9.84. The summed E-state index contributed by atoms with van der Waals surface area (Å²) >= 11 is 6.05. The lowest BCUT2D eigenvalue weighted by Gasteiger charge is -2.30. The van der Waals surface area contributed by atoms with E-state index in [0.29, 0.717) is 11.4 Å². The van der Waals surface area contributed by atoms with Crippen molar-refractivity contribution in [2.75, 3.05) is 11.4 Å². The number of non-ortho nitro benzene ring substituents is 1. The molecule has 0 saturated heterocycles. The molecule has 7 nitrogen and oxygen atoms in total. The van der Waals surface area contributed by atoms with E-state index in [1.807, 2.05) is 61.5 Å². The molecule has 8 heteroatoms. The fourth-order valence-corrected chi connectivity index (χ4v) is 3.13. The molecule has 3 aromatic carbocycles. The van der Waals surface area contributed by atoms with E-state index in [1.165, 1.54) is 18.2 Å². The van der Waals surface area contributed by atoms with Crippen molar-refractivity contribution in [2.24, 2.45) is 10.2 Å². The minimum Gasteiger partial charge on any atom is -0.471 e. The number of hydrogen-bond acceptors (Lipinski definition) is 6. The summed E-state index contributed by atoms with van der Waals surface area (Å²) in [5.74, 6) is 0.814. The maximum Gasteiger partial charge on any atom is 0.271 e. The zero-order valence-corrected chi connectivity index (χ0v) is 17.4. The van der Waals surface area contributed by atoms with E-state index in [1.54, 1.807) is 0 Å². The van der Waals surface area contributed by atoms with Gasteiger partial charge in [0.2, 0.25) is 0 Å². The van der Waals surface area contributed by atoms with Gasteiger partial charge in [-0.1, -0.05) is 29.8 Å². The molecule has 0 radical (unpaired) electrons. The van der Waals surface area contributed by atoms with Crippen LogP contribution < -0.4 is 9.64 Å². The van der Waals surface area contributed by atoms with Crippen LogP contribution in [0.15, 0.2) is 83.0 Å². The van der Waals surface area contributed by atoms with E-state index >= 15 is 0 Å². The first kappa shape index (κ1) is 21.3. The number of rotatable bonds is 8. The molecule has 3 aromatic rings. The lowest BCUT2D eigenvalue weighted by molar-refractivity contribution is -0.384. The fourth-order valence-electron chi connectivity index (χ4n) is 2.92. The molecule has 154 valence electrons. The molecule has 0 bridgehead atoms. The highest BCUT2D eigenvalue weighted by Gasteiger charge is 2.14. The third-order valence-corrected chi connectivity index (χ3v) is 4.73. The fraction of sp³-hybridized carbons (Fsp3) is 0.182. The Labute approximate surface area is 179 Å². The maximum absolute atomic E-state index is 10.8. The Morgan fingerprint density at radius 1 is 1.07 bits per heavy atom. The first-order valence-electron chi connectivity index (χ1n) is 9.42. The van der Waals surface area contributed by atoms with Crippen molar-refractivity contribution < 1.29 is 9.66 Å². The number of anilines is 1. The molecule has 0 aliphatic rings. The van der Waals surface area contributed by atoms with Gasteiger partial charge in [0, 0.05) is 24.4 Å². The van der Waals surface area contributed by atoms with Crippen molar-refractivity contribution >= 4 is 34.4 Å². The molecular formula is C22H21ClN4O3. The maximum atomic E-state index is 10.8. The van der Waals surface area contributed by atoms with Crippen LogP contribution in [0, 0.1) is 10.1 Å². The quantitative estimate of drug-likeness (QED) is 0.170. The average Bonchev–Trinajstić information content (AvgIpc) is 2.75. The van der Waals surface area contributed by atoms with E-state index in [-0.39, 0.29) is 16.9 Å². The predicted molar refractivity (Wildman–Crippen MR) is 118 cm³/mol. The SMILES string of the molecule is CCN(c1ccc(N=Nc2ccc([N+](=O)[O-])cc2Cl)cc1)C(C)Oc1ccccc1. The third-order valence-electron chi connectivity index (χ3n) is 4.43. The van der Waals surface area contributed by atoms with Crippen LogP contribution in [-0.2, 0) is 0 Å². The van der Waals surface area contributed by atoms with Crippen LogP contribution in [0.2, 0.25) is 5.02 Å². The Kier molecular flexibility index (Phi) is 6.98. The molecule has 0 saturated carbocycles. The molecule has 0 spiro atoms. The van der Waals surface area contributed by atoms with Gasteiger partial charge in [0.15, 0.2) is 6.23 Å². The van der Waals surface area contributed by atoms with E-state index < -0.39 is 4.92 Å². The molecule has 0 fully saturated rings. The number of azo groups is 1. The Morgan fingerprint density at radius 3 is 2.37 bits per heavy atom. The Hall–Kier alpha value is -3.45. The highest BCUT2D eigenvalue weighted by Crippen LogP contribution is 2.31. The van der Waals surface area contributed by atoms with Gasteiger partial charge in [-0.25, -0.2) is 0 Å². The van der Waals surface area contributed by atoms with Crippen LogP contribution in [0.4, 0.5) is 22.7 Å². The average molecular weight is 425 g/mol. The number of nitrogens with zero attached hydrogens (tertiary/aromatic N) is 4. The normalized spacial score (nSPS) is 12.0. The van der Waals surface area contributed by atoms with Crippen molar-refractivity contribution in [2.45, 2.75) is 20.1 Å². The van der Waals surface area contributed by atoms with Gasteiger partial charge in [0.1, 0.15) is 11.4 Å². The minimum atomic E-state index is -0.506. The van der Waals surface area contributed by atoms with Crippen LogP contribution in [0.1, 0.15) is 13.8 Å².